The molecule has 2 fully saturated rings. The van der Waals surface area contributed by atoms with Gasteiger partial charge in [-0.15, -0.1) is 0 Å². The van der Waals surface area contributed by atoms with Crippen LogP contribution in [0.1, 0.15) is 32.6 Å². The molecular formula is C14H24N2O4. The number of likely N-dealkylation sites (N-methyl/N-ethyl adjacent to an activating group) is 1. The molecule has 0 aromatic carbocycles. The van der Waals surface area contributed by atoms with Crippen molar-refractivity contribution in [3.8, 4) is 0 Å². The molecule has 114 valence electrons. The predicted molar refractivity (Wildman–Crippen MR) is 73.4 cm³/mol. The molecule has 2 rings (SSSR count). The highest BCUT2D eigenvalue weighted by molar-refractivity contribution is 5.83. The van der Waals surface area contributed by atoms with Crippen LogP contribution in [0.3, 0.4) is 0 Å². The second-order valence-electron chi connectivity index (χ2n) is 5.53. The highest BCUT2D eigenvalue weighted by Gasteiger charge is 2.40. The lowest BCUT2D eigenvalue weighted by molar-refractivity contribution is -0.145. The van der Waals surface area contributed by atoms with Gasteiger partial charge < -0.3 is 20.1 Å². The zero-order valence-electron chi connectivity index (χ0n) is 12.0. The lowest BCUT2D eigenvalue weighted by Gasteiger charge is -2.32. The second-order valence-corrected chi connectivity index (χ2v) is 5.53. The Morgan fingerprint density at radius 2 is 2.10 bits per heavy atom. The molecule has 3 unspecified atom stereocenters. The maximum atomic E-state index is 12.7. The molecule has 20 heavy (non-hydrogen) atoms. The van der Waals surface area contributed by atoms with E-state index < -0.39 is 11.9 Å². The third-order valence-corrected chi connectivity index (χ3v) is 4.25. The molecule has 2 saturated heterocycles. The summed E-state index contributed by atoms with van der Waals surface area (Å²) in [6.45, 7) is 3.79. The third kappa shape index (κ3) is 3.30. The monoisotopic (exact) mass is 284 g/mol. The fraction of sp³-hybridized carbons (Fsp3) is 0.857. The summed E-state index contributed by atoms with van der Waals surface area (Å²) < 4.78 is 5.28. The predicted octanol–water partition coefficient (Wildman–Crippen LogP) is 0.467. The number of rotatable bonds is 4. The Balaban J connectivity index is 2.06. The van der Waals surface area contributed by atoms with Crippen molar-refractivity contribution in [3.63, 3.8) is 0 Å². The van der Waals surface area contributed by atoms with E-state index in [0.29, 0.717) is 13.2 Å². The maximum absolute atomic E-state index is 12.7. The molecule has 0 spiro atoms. The summed E-state index contributed by atoms with van der Waals surface area (Å²) in [6.07, 6.45) is 4.12. The minimum atomic E-state index is -0.882. The molecule has 1 amide bonds. The van der Waals surface area contributed by atoms with E-state index in [9.17, 15) is 14.7 Å². The van der Waals surface area contributed by atoms with Crippen molar-refractivity contribution in [2.45, 2.75) is 44.7 Å². The number of carbonyl (C=O) groups excluding carboxylic acids is 1. The van der Waals surface area contributed by atoms with E-state index in [1.54, 1.807) is 4.90 Å². The number of hydrogen-bond acceptors (Lipinski definition) is 4. The van der Waals surface area contributed by atoms with Crippen molar-refractivity contribution in [2.75, 3.05) is 26.3 Å². The van der Waals surface area contributed by atoms with Gasteiger partial charge in [-0.25, -0.2) is 0 Å². The van der Waals surface area contributed by atoms with Crippen molar-refractivity contribution in [2.24, 2.45) is 5.92 Å². The zero-order valence-corrected chi connectivity index (χ0v) is 12.0. The third-order valence-electron chi connectivity index (χ3n) is 4.25. The first-order valence-corrected chi connectivity index (χ1v) is 7.49. The van der Waals surface area contributed by atoms with E-state index in [1.807, 2.05) is 6.92 Å². The van der Waals surface area contributed by atoms with E-state index in [-0.39, 0.29) is 24.6 Å². The van der Waals surface area contributed by atoms with Crippen molar-refractivity contribution in [1.82, 2.24) is 10.2 Å². The molecule has 0 radical (unpaired) electrons. The zero-order chi connectivity index (χ0) is 14.5. The number of nitrogens with one attached hydrogen (secondary N) is 1. The lowest BCUT2D eigenvalue weighted by atomic mass is 10.0. The molecule has 6 nitrogen and oxygen atoms in total. The Kier molecular flexibility index (Phi) is 5.37. The summed E-state index contributed by atoms with van der Waals surface area (Å²) in [6, 6.07) is -0.512. The first-order chi connectivity index (χ1) is 9.65. The van der Waals surface area contributed by atoms with E-state index in [2.05, 4.69) is 5.32 Å². The van der Waals surface area contributed by atoms with Gasteiger partial charge in [0.15, 0.2) is 0 Å². The number of aliphatic carboxylic acids is 1. The first kappa shape index (κ1) is 15.3. The normalized spacial score (nSPS) is 30.8. The molecule has 0 aromatic rings. The molecule has 2 aliphatic rings. The van der Waals surface area contributed by atoms with Gasteiger partial charge in [-0.3, -0.25) is 9.59 Å². The molecule has 0 aromatic heterocycles. The average molecular weight is 284 g/mol. The fourth-order valence-corrected chi connectivity index (χ4v) is 3.08. The van der Waals surface area contributed by atoms with Crippen LogP contribution in [0.4, 0.5) is 0 Å². The van der Waals surface area contributed by atoms with Crippen molar-refractivity contribution < 1.29 is 19.4 Å². The Morgan fingerprint density at radius 1 is 1.30 bits per heavy atom. The highest BCUT2D eigenvalue weighted by Crippen LogP contribution is 2.22. The lowest BCUT2D eigenvalue weighted by Crippen LogP contribution is -2.53. The molecular weight excluding hydrogens is 260 g/mol. The smallest absolute Gasteiger partial charge is 0.311 e. The minimum Gasteiger partial charge on any atom is -0.481 e. The summed E-state index contributed by atoms with van der Waals surface area (Å²) in [5.41, 5.74) is 0. The molecule has 3 atom stereocenters. The number of carboxylic acid groups (broad SMARTS) is 1. The number of carbonyl (C=O) groups is 2. The van der Waals surface area contributed by atoms with E-state index in [1.165, 1.54) is 0 Å². The highest BCUT2D eigenvalue weighted by atomic mass is 16.5. The van der Waals surface area contributed by atoms with Gasteiger partial charge in [0.1, 0.15) is 5.92 Å². The topological polar surface area (TPSA) is 78.9 Å². The Morgan fingerprint density at radius 3 is 2.80 bits per heavy atom. The van der Waals surface area contributed by atoms with Crippen LogP contribution in [0.5, 0.6) is 0 Å². The number of amides is 1. The van der Waals surface area contributed by atoms with Crippen molar-refractivity contribution in [1.29, 1.82) is 0 Å². The number of ether oxygens (including phenoxy) is 1. The van der Waals surface area contributed by atoms with Crippen LogP contribution in [-0.4, -0.2) is 60.3 Å². The van der Waals surface area contributed by atoms with Crippen molar-refractivity contribution >= 4 is 11.9 Å². The molecule has 6 heteroatoms. The van der Waals surface area contributed by atoms with E-state index in [4.69, 9.17) is 4.74 Å². The molecule has 2 heterocycles. The van der Waals surface area contributed by atoms with Gasteiger partial charge in [-0.2, -0.15) is 0 Å². The molecule has 2 aliphatic heterocycles. The SMILES string of the molecule is CCN(C(=O)C1CCCCCN1)C1COCC1C(=O)O. The van der Waals surface area contributed by atoms with Gasteiger partial charge in [0.05, 0.1) is 25.3 Å². The number of hydrogen-bond donors (Lipinski definition) is 2. The molecule has 0 aliphatic carbocycles. The standard InChI is InChI=1S/C14H24N2O4/c1-2-16(12-9-20-8-10(12)14(18)19)13(17)11-6-4-3-5-7-15-11/h10-12,15H,2-9H2,1H3,(H,18,19). The Hall–Kier alpha value is -1.14. The van der Waals surface area contributed by atoms with Gasteiger partial charge in [0.2, 0.25) is 5.91 Å². The average Bonchev–Trinajstić information content (AvgIpc) is 2.74. The van der Waals surface area contributed by atoms with Gasteiger partial charge in [0, 0.05) is 6.54 Å². The minimum absolute atomic E-state index is 0.0242. The molecule has 0 saturated carbocycles. The van der Waals surface area contributed by atoms with Crippen LogP contribution < -0.4 is 5.32 Å². The van der Waals surface area contributed by atoms with Crippen LogP contribution in [0.15, 0.2) is 0 Å². The Labute approximate surface area is 119 Å². The van der Waals surface area contributed by atoms with Crippen LogP contribution in [0.2, 0.25) is 0 Å². The summed E-state index contributed by atoms with van der Waals surface area (Å²) in [5.74, 6) is -1.46. The fourth-order valence-electron chi connectivity index (χ4n) is 3.08. The van der Waals surface area contributed by atoms with E-state index >= 15 is 0 Å². The van der Waals surface area contributed by atoms with Crippen LogP contribution in [0.25, 0.3) is 0 Å². The quantitative estimate of drug-likeness (QED) is 0.784. The molecule has 2 N–H and O–H groups in total. The van der Waals surface area contributed by atoms with Gasteiger partial charge in [0.25, 0.3) is 0 Å². The molecule has 0 bridgehead atoms. The second kappa shape index (κ2) is 7.04. The summed E-state index contributed by atoms with van der Waals surface area (Å²) in [7, 11) is 0. The van der Waals surface area contributed by atoms with Gasteiger partial charge in [-0.1, -0.05) is 12.8 Å². The maximum Gasteiger partial charge on any atom is 0.311 e. The van der Waals surface area contributed by atoms with Crippen molar-refractivity contribution in [3.05, 3.63) is 0 Å². The largest absolute Gasteiger partial charge is 0.481 e. The summed E-state index contributed by atoms with van der Waals surface area (Å²) in [4.78, 5) is 25.6. The van der Waals surface area contributed by atoms with Gasteiger partial charge >= 0.3 is 5.97 Å². The van der Waals surface area contributed by atoms with Crippen LogP contribution in [-0.2, 0) is 14.3 Å². The summed E-state index contributed by atoms with van der Waals surface area (Å²) >= 11 is 0. The van der Waals surface area contributed by atoms with E-state index in [0.717, 1.165) is 32.2 Å². The Bertz CT molecular complexity index is 353. The number of nitrogens with zero attached hydrogens (tertiary/aromatic N) is 1. The van der Waals surface area contributed by atoms with Gasteiger partial charge in [-0.05, 0) is 26.3 Å². The summed E-state index contributed by atoms with van der Waals surface area (Å²) in [5, 5.41) is 12.5. The van der Waals surface area contributed by atoms with Crippen LogP contribution >= 0.6 is 0 Å². The number of carboxylic acids is 1. The van der Waals surface area contributed by atoms with Crippen LogP contribution in [0, 0.1) is 5.92 Å². The first-order valence-electron chi connectivity index (χ1n) is 7.49.